The summed E-state index contributed by atoms with van der Waals surface area (Å²) in [5, 5.41) is 10.8. The van der Waals surface area contributed by atoms with E-state index in [1.54, 1.807) is 0 Å². The summed E-state index contributed by atoms with van der Waals surface area (Å²) in [5.74, 6) is -1.50. The van der Waals surface area contributed by atoms with Crippen LogP contribution < -0.4 is 0 Å². The molecule has 7 heteroatoms. The van der Waals surface area contributed by atoms with Gasteiger partial charge < -0.3 is 4.90 Å². The molecule has 0 aliphatic carbocycles. The van der Waals surface area contributed by atoms with Crippen LogP contribution in [0.3, 0.4) is 0 Å². The molecule has 0 bridgehead atoms. The molecule has 1 aromatic rings. The molecule has 0 spiro atoms. The third-order valence-corrected chi connectivity index (χ3v) is 2.92. The van der Waals surface area contributed by atoms with Crippen LogP contribution in [0.15, 0.2) is 18.2 Å². The number of ketones is 1. The van der Waals surface area contributed by atoms with E-state index in [9.17, 15) is 24.1 Å². The topological polar surface area (TPSA) is 80.5 Å². The maximum absolute atomic E-state index is 13.2. The van der Waals surface area contributed by atoms with Crippen LogP contribution in [0.25, 0.3) is 0 Å². The lowest BCUT2D eigenvalue weighted by atomic mass is 10.1. The van der Waals surface area contributed by atoms with Crippen LogP contribution in [0.1, 0.15) is 23.2 Å². The third kappa shape index (κ3) is 2.75. The van der Waals surface area contributed by atoms with Gasteiger partial charge in [0.1, 0.15) is 11.4 Å². The van der Waals surface area contributed by atoms with Gasteiger partial charge in [0.25, 0.3) is 11.6 Å². The van der Waals surface area contributed by atoms with E-state index in [4.69, 9.17) is 0 Å². The van der Waals surface area contributed by atoms with Crippen molar-refractivity contribution in [3.63, 3.8) is 0 Å². The average Bonchev–Trinajstić information content (AvgIpc) is 2.37. The molecule has 100 valence electrons. The quantitative estimate of drug-likeness (QED) is 0.600. The molecule has 1 fully saturated rings. The Balaban J connectivity index is 2.34. The van der Waals surface area contributed by atoms with Crippen molar-refractivity contribution in [3.05, 3.63) is 39.7 Å². The highest BCUT2D eigenvalue weighted by Crippen LogP contribution is 2.22. The van der Waals surface area contributed by atoms with Crippen LogP contribution in [-0.4, -0.2) is 34.6 Å². The second-order valence-electron chi connectivity index (χ2n) is 4.29. The lowest BCUT2D eigenvalue weighted by molar-refractivity contribution is -0.385. The summed E-state index contributed by atoms with van der Waals surface area (Å²) in [5.41, 5.74) is -0.774. The molecule has 0 N–H and O–H groups in total. The molecule has 1 heterocycles. The molecule has 19 heavy (non-hydrogen) atoms. The molecule has 0 aromatic heterocycles. The predicted octanol–water partition coefficient (Wildman–Crippen LogP) is 1.54. The van der Waals surface area contributed by atoms with Gasteiger partial charge in [-0.05, 0) is 18.6 Å². The fourth-order valence-corrected chi connectivity index (χ4v) is 2.02. The van der Waals surface area contributed by atoms with Gasteiger partial charge >= 0.3 is 0 Å². The molecule has 1 aliphatic rings. The number of likely N-dealkylation sites (tertiary alicyclic amines) is 1. The van der Waals surface area contributed by atoms with Crippen LogP contribution >= 0.6 is 0 Å². The molecule has 0 atom stereocenters. The van der Waals surface area contributed by atoms with Crippen LogP contribution in [0.4, 0.5) is 10.1 Å². The Morgan fingerprint density at radius 1 is 1.42 bits per heavy atom. The molecule has 2 rings (SSSR count). The van der Waals surface area contributed by atoms with Crippen LogP contribution in [0, 0.1) is 15.9 Å². The standard InChI is InChI=1S/C12H11FN2O4/c13-8-3-4-11(15(18)19)10(6-8)12(17)14-5-1-2-9(16)7-14/h3-4,6H,1-2,5,7H2. The highest BCUT2D eigenvalue weighted by Gasteiger charge is 2.28. The van der Waals surface area contributed by atoms with E-state index < -0.39 is 22.3 Å². The normalized spacial score (nSPS) is 15.4. The first-order valence-corrected chi connectivity index (χ1v) is 5.74. The number of Topliss-reactive ketones (excluding diaryl/α,β-unsaturated/α-hetero) is 1. The Kier molecular flexibility index (Phi) is 3.55. The predicted molar refractivity (Wildman–Crippen MR) is 63.2 cm³/mol. The number of nitro groups is 1. The number of benzene rings is 1. The number of hydrogen-bond acceptors (Lipinski definition) is 4. The Bertz CT molecular complexity index is 559. The third-order valence-electron chi connectivity index (χ3n) is 2.92. The largest absolute Gasteiger partial charge is 0.331 e. The number of hydrogen-bond donors (Lipinski definition) is 0. The van der Waals surface area contributed by atoms with Crippen LogP contribution in [-0.2, 0) is 4.79 Å². The maximum Gasteiger partial charge on any atom is 0.282 e. The van der Waals surface area contributed by atoms with Crippen molar-refractivity contribution in [2.24, 2.45) is 0 Å². The van der Waals surface area contributed by atoms with Crippen molar-refractivity contribution in [2.45, 2.75) is 12.8 Å². The van der Waals surface area contributed by atoms with Crippen LogP contribution in [0.5, 0.6) is 0 Å². The van der Waals surface area contributed by atoms with E-state index >= 15 is 0 Å². The van der Waals surface area contributed by atoms with Crippen molar-refractivity contribution in [2.75, 3.05) is 13.1 Å². The van der Waals surface area contributed by atoms with Gasteiger partial charge in [0.2, 0.25) is 0 Å². The summed E-state index contributed by atoms with van der Waals surface area (Å²) in [6.45, 7) is 0.269. The number of rotatable bonds is 2. The fourth-order valence-electron chi connectivity index (χ4n) is 2.02. The zero-order valence-corrected chi connectivity index (χ0v) is 9.97. The van der Waals surface area contributed by atoms with E-state index in [0.717, 1.165) is 18.2 Å². The summed E-state index contributed by atoms with van der Waals surface area (Å²) in [6.07, 6.45) is 0.919. The first-order chi connectivity index (χ1) is 8.99. The second kappa shape index (κ2) is 5.13. The minimum Gasteiger partial charge on any atom is -0.331 e. The van der Waals surface area contributed by atoms with Crippen molar-refractivity contribution in [1.82, 2.24) is 4.90 Å². The lowest BCUT2D eigenvalue weighted by Gasteiger charge is -2.25. The van der Waals surface area contributed by atoms with E-state index in [2.05, 4.69) is 0 Å². The van der Waals surface area contributed by atoms with Crippen molar-refractivity contribution < 1.29 is 18.9 Å². The Hall–Kier alpha value is -2.31. The molecule has 1 amide bonds. The molecule has 1 saturated heterocycles. The molecule has 6 nitrogen and oxygen atoms in total. The number of nitro benzene ring substituents is 1. The van der Waals surface area contributed by atoms with Gasteiger partial charge in [-0.15, -0.1) is 0 Å². The molecule has 0 unspecified atom stereocenters. The van der Waals surface area contributed by atoms with Gasteiger partial charge in [-0.2, -0.15) is 0 Å². The fraction of sp³-hybridized carbons (Fsp3) is 0.333. The Labute approximate surface area is 108 Å². The van der Waals surface area contributed by atoms with Crippen molar-refractivity contribution >= 4 is 17.4 Å². The first kappa shape index (κ1) is 13.1. The number of nitrogens with zero attached hydrogens (tertiary/aromatic N) is 2. The molecule has 0 radical (unpaired) electrons. The van der Waals surface area contributed by atoms with E-state index in [1.807, 2.05) is 0 Å². The number of carbonyl (C=O) groups is 2. The molecular weight excluding hydrogens is 255 g/mol. The van der Waals surface area contributed by atoms with Crippen LogP contribution in [0.2, 0.25) is 0 Å². The SMILES string of the molecule is O=C1CCCN(C(=O)c2cc(F)ccc2[N+](=O)[O-])C1. The van der Waals surface area contributed by atoms with E-state index in [1.165, 1.54) is 4.90 Å². The number of piperidine rings is 1. The lowest BCUT2D eigenvalue weighted by Crippen LogP contribution is -2.40. The zero-order chi connectivity index (χ0) is 14.0. The number of amides is 1. The summed E-state index contributed by atoms with van der Waals surface area (Å²) in [6, 6.07) is 2.71. The molecule has 1 aromatic carbocycles. The van der Waals surface area contributed by atoms with Gasteiger partial charge in [-0.3, -0.25) is 19.7 Å². The zero-order valence-electron chi connectivity index (χ0n) is 9.97. The summed E-state index contributed by atoms with van der Waals surface area (Å²) in [4.78, 5) is 34.7. The van der Waals surface area contributed by atoms with Crippen molar-refractivity contribution in [1.29, 1.82) is 0 Å². The van der Waals surface area contributed by atoms with E-state index in [0.29, 0.717) is 19.4 Å². The smallest absolute Gasteiger partial charge is 0.282 e. The minimum absolute atomic E-state index is 0.0769. The van der Waals surface area contributed by atoms with Gasteiger partial charge in [0.15, 0.2) is 5.78 Å². The van der Waals surface area contributed by atoms with Gasteiger partial charge in [0, 0.05) is 19.0 Å². The molecule has 0 saturated carbocycles. The maximum atomic E-state index is 13.2. The molecule has 1 aliphatic heterocycles. The Morgan fingerprint density at radius 3 is 2.79 bits per heavy atom. The van der Waals surface area contributed by atoms with Crippen molar-refractivity contribution in [3.8, 4) is 0 Å². The summed E-state index contributed by atoms with van der Waals surface area (Å²) < 4.78 is 13.2. The monoisotopic (exact) mass is 266 g/mol. The first-order valence-electron chi connectivity index (χ1n) is 5.74. The second-order valence-corrected chi connectivity index (χ2v) is 4.29. The highest BCUT2D eigenvalue weighted by atomic mass is 19.1. The number of carbonyl (C=O) groups excluding carboxylic acids is 2. The molecular formula is C12H11FN2O4. The van der Waals surface area contributed by atoms with Gasteiger partial charge in [-0.1, -0.05) is 0 Å². The average molecular weight is 266 g/mol. The minimum atomic E-state index is -0.738. The number of halogens is 1. The van der Waals surface area contributed by atoms with Gasteiger partial charge in [-0.25, -0.2) is 4.39 Å². The highest BCUT2D eigenvalue weighted by molar-refractivity contribution is 6.00. The van der Waals surface area contributed by atoms with E-state index in [-0.39, 0.29) is 17.9 Å². The Morgan fingerprint density at radius 2 is 2.16 bits per heavy atom. The summed E-state index contributed by atoms with van der Waals surface area (Å²) in [7, 11) is 0. The van der Waals surface area contributed by atoms with Gasteiger partial charge in [0.05, 0.1) is 11.5 Å². The summed E-state index contributed by atoms with van der Waals surface area (Å²) >= 11 is 0.